The minimum Gasteiger partial charge on any atom is -0.495 e. The standard InChI is InChI=1S/C12H17NO/c1-9-3-6-12(14-2)11(7-9)13-8-10-4-5-10/h3,6-7,10,13H,4-5,8H2,1-2H3. The van der Waals surface area contributed by atoms with Gasteiger partial charge in [-0.25, -0.2) is 0 Å². The summed E-state index contributed by atoms with van der Waals surface area (Å²) in [5.74, 6) is 1.83. The largest absolute Gasteiger partial charge is 0.495 e. The number of aryl methyl sites for hydroxylation is 1. The highest BCUT2D eigenvalue weighted by Crippen LogP contribution is 2.31. The van der Waals surface area contributed by atoms with Gasteiger partial charge in [0.2, 0.25) is 0 Å². The summed E-state index contributed by atoms with van der Waals surface area (Å²) in [6, 6.07) is 6.23. The third-order valence-corrected chi connectivity index (χ3v) is 2.63. The van der Waals surface area contributed by atoms with Crippen LogP contribution < -0.4 is 10.1 Å². The van der Waals surface area contributed by atoms with Crippen molar-refractivity contribution >= 4 is 5.69 Å². The average Bonchev–Trinajstić information content (AvgIpc) is 2.98. The molecule has 0 saturated heterocycles. The number of ether oxygens (including phenoxy) is 1. The normalized spacial score (nSPS) is 15.3. The Hall–Kier alpha value is -1.18. The highest BCUT2D eigenvalue weighted by molar-refractivity contribution is 5.58. The molecule has 1 aliphatic carbocycles. The molecule has 1 aromatic carbocycles. The molecule has 1 aromatic rings. The molecule has 0 unspecified atom stereocenters. The van der Waals surface area contributed by atoms with Crippen molar-refractivity contribution in [2.24, 2.45) is 5.92 Å². The zero-order chi connectivity index (χ0) is 9.97. The van der Waals surface area contributed by atoms with Crippen molar-refractivity contribution in [2.45, 2.75) is 19.8 Å². The minimum absolute atomic E-state index is 0.889. The summed E-state index contributed by atoms with van der Waals surface area (Å²) in [6.45, 7) is 3.18. The zero-order valence-electron chi connectivity index (χ0n) is 8.84. The van der Waals surface area contributed by atoms with Gasteiger partial charge in [-0.05, 0) is 43.4 Å². The van der Waals surface area contributed by atoms with Crippen molar-refractivity contribution in [3.8, 4) is 5.75 Å². The Labute approximate surface area is 85.3 Å². The number of hydrogen-bond acceptors (Lipinski definition) is 2. The van der Waals surface area contributed by atoms with Crippen LogP contribution in [0.4, 0.5) is 5.69 Å². The molecule has 2 nitrogen and oxygen atoms in total. The van der Waals surface area contributed by atoms with Gasteiger partial charge in [0.05, 0.1) is 12.8 Å². The molecule has 0 spiro atoms. The lowest BCUT2D eigenvalue weighted by molar-refractivity contribution is 0.416. The Balaban J connectivity index is 2.07. The van der Waals surface area contributed by atoms with Gasteiger partial charge in [-0.3, -0.25) is 0 Å². The maximum atomic E-state index is 5.29. The zero-order valence-corrected chi connectivity index (χ0v) is 8.84. The van der Waals surface area contributed by atoms with Crippen molar-refractivity contribution in [1.29, 1.82) is 0 Å². The number of anilines is 1. The van der Waals surface area contributed by atoms with Crippen LogP contribution in [0.5, 0.6) is 5.75 Å². The molecule has 2 rings (SSSR count). The van der Waals surface area contributed by atoms with Crippen molar-refractivity contribution in [3.05, 3.63) is 23.8 Å². The molecule has 0 aromatic heterocycles. The van der Waals surface area contributed by atoms with Crippen LogP contribution in [-0.4, -0.2) is 13.7 Å². The van der Waals surface area contributed by atoms with Crippen LogP contribution in [0.2, 0.25) is 0 Å². The van der Waals surface area contributed by atoms with Crippen molar-refractivity contribution in [2.75, 3.05) is 19.0 Å². The van der Waals surface area contributed by atoms with Crippen LogP contribution in [0.15, 0.2) is 18.2 Å². The second-order valence-corrected chi connectivity index (χ2v) is 4.03. The van der Waals surface area contributed by atoms with Gasteiger partial charge in [-0.1, -0.05) is 6.07 Å². The maximum absolute atomic E-state index is 5.29. The van der Waals surface area contributed by atoms with Crippen LogP contribution in [0.25, 0.3) is 0 Å². The highest BCUT2D eigenvalue weighted by atomic mass is 16.5. The van der Waals surface area contributed by atoms with E-state index in [2.05, 4.69) is 24.4 Å². The van der Waals surface area contributed by atoms with Gasteiger partial charge in [0.1, 0.15) is 5.75 Å². The molecule has 0 amide bonds. The van der Waals surface area contributed by atoms with Crippen LogP contribution in [0.3, 0.4) is 0 Å². The van der Waals surface area contributed by atoms with Gasteiger partial charge in [-0.15, -0.1) is 0 Å². The predicted octanol–water partition coefficient (Wildman–Crippen LogP) is 2.83. The summed E-state index contributed by atoms with van der Waals surface area (Å²) in [5.41, 5.74) is 2.39. The van der Waals surface area contributed by atoms with E-state index in [4.69, 9.17) is 4.74 Å². The lowest BCUT2D eigenvalue weighted by Gasteiger charge is -2.11. The Morgan fingerprint density at radius 1 is 1.43 bits per heavy atom. The Bertz CT molecular complexity index is 318. The van der Waals surface area contributed by atoms with Gasteiger partial charge in [-0.2, -0.15) is 0 Å². The molecule has 1 aliphatic rings. The van der Waals surface area contributed by atoms with Gasteiger partial charge < -0.3 is 10.1 Å². The summed E-state index contributed by atoms with van der Waals surface area (Å²) in [5, 5.41) is 3.44. The third-order valence-electron chi connectivity index (χ3n) is 2.63. The van der Waals surface area contributed by atoms with E-state index in [1.165, 1.54) is 18.4 Å². The molecule has 0 heterocycles. The number of hydrogen-bond donors (Lipinski definition) is 1. The molecule has 1 fully saturated rings. The number of benzene rings is 1. The molecule has 1 N–H and O–H groups in total. The Morgan fingerprint density at radius 3 is 2.86 bits per heavy atom. The van der Waals surface area contributed by atoms with Gasteiger partial charge >= 0.3 is 0 Å². The van der Waals surface area contributed by atoms with E-state index in [-0.39, 0.29) is 0 Å². The van der Waals surface area contributed by atoms with Crippen LogP contribution in [0, 0.1) is 12.8 Å². The first-order valence-corrected chi connectivity index (χ1v) is 5.18. The fraction of sp³-hybridized carbons (Fsp3) is 0.500. The SMILES string of the molecule is COc1ccc(C)cc1NCC1CC1. The molecule has 1 saturated carbocycles. The molecule has 0 aliphatic heterocycles. The number of methoxy groups -OCH3 is 1. The van der Waals surface area contributed by atoms with Gasteiger partial charge in [0, 0.05) is 6.54 Å². The summed E-state index contributed by atoms with van der Waals surface area (Å²) in [7, 11) is 1.72. The molecule has 0 atom stereocenters. The summed E-state index contributed by atoms with van der Waals surface area (Å²) in [4.78, 5) is 0. The van der Waals surface area contributed by atoms with Gasteiger partial charge in [0.15, 0.2) is 0 Å². The van der Waals surface area contributed by atoms with E-state index >= 15 is 0 Å². The van der Waals surface area contributed by atoms with Crippen LogP contribution >= 0.6 is 0 Å². The maximum Gasteiger partial charge on any atom is 0.141 e. The molecular formula is C12H17NO. The first-order chi connectivity index (χ1) is 6.79. The second kappa shape index (κ2) is 3.91. The van der Waals surface area contributed by atoms with Gasteiger partial charge in [0.25, 0.3) is 0 Å². The van der Waals surface area contributed by atoms with E-state index in [9.17, 15) is 0 Å². The lowest BCUT2D eigenvalue weighted by atomic mass is 10.2. The Kier molecular flexibility index (Phi) is 2.62. The molecule has 2 heteroatoms. The predicted molar refractivity (Wildman–Crippen MR) is 58.9 cm³/mol. The Morgan fingerprint density at radius 2 is 2.21 bits per heavy atom. The summed E-state index contributed by atoms with van der Waals surface area (Å²) >= 11 is 0. The van der Waals surface area contributed by atoms with E-state index in [0.717, 1.165) is 23.9 Å². The van der Waals surface area contributed by atoms with Crippen molar-refractivity contribution in [1.82, 2.24) is 0 Å². The summed E-state index contributed by atoms with van der Waals surface area (Å²) < 4.78 is 5.29. The number of nitrogens with one attached hydrogen (secondary N) is 1. The van der Waals surface area contributed by atoms with E-state index in [1.807, 2.05) is 6.07 Å². The smallest absolute Gasteiger partial charge is 0.141 e. The summed E-state index contributed by atoms with van der Waals surface area (Å²) in [6.07, 6.45) is 2.75. The van der Waals surface area contributed by atoms with Crippen LogP contribution in [0.1, 0.15) is 18.4 Å². The molecule has 0 radical (unpaired) electrons. The lowest BCUT2D eigenvalue weighted by Crippen LogP contribution is -2.04. The fourth-order valence-electron chi connectivity index (χ4n) is 1.54. The van der Waals surface area contributed by atoms with Crippen LogP contribution in [-0.2, 0) is 0 Å². The average molecular weight is 191 g/mol. The molecule has 0 bridgehead atoms. The minimum atomic E-state index is 0.889. The van der Waals surface area contributed by atoms with E-state index in [1.54, 1.807) is 7.11 Å². The highest BCUT2D eigenvalue weighted by Gasteiger charge is 2.20. The third kappa shape index (κ3) is 2.19. The molecular weight excluding hydrogens is 174 g/mol. The van der Waals surface area contributed by atoms with Crippen molar-refractivity contribution in [3.63, 3.8) is 0 Å². The fourth-order valence-corrected chi connectivity index (χ4v) is 1.54. The first-order valence-electron chi connectivity index (χ1n) is 5.18. The molecule has 14 heavy (non-hydrogen) atoms. The van der Waals surface area contributed by atoms with Crippen molar-refractivity contribution < 1.29 is 4.74 Å². The van der Waals surface area contributed by atoms with E-state index < -0.39 is 0 Å². The quantitative estimate of drug-likeness (QED) is 0.790. The van der Waals surface area contributed by atoms with E-state index in [0.29, 0.717) is 0 Å². The second-order valence-electron chi connectivity index (χ2n) is 4.03. The molecule has 76 valence electrons. The topological polar surface area (TPSA) is 21.3 Å². The number of rotatable bonds is 4. The first kappa shape index (κ1) is 9.38. The monoisotopic (exact) mass is 191 g/mol.